The van der Waals surface area contributed by atoms with E-state index in [2.05, 4.69) is 0 Å². The maximum atomic E-state index is 8.80. The Kier molecular flexibility index (Phi) is 7.16. The fourth-order valence-corrected chi connectivity index (χ4v) is 1.87. The van der Waals surface area contributed by atoms with Crippen LogP contribution in [0.5, 0.6) is 23.0 Å². The van der Waals surface area contributed by atoms with Crippen LogP contribution in [0.3, 0.4) is 0 Å². The van der Waals surface area contributed by atoms with Crippen LogP contribution in [0.2, 0.25) is 0 Å². The fraction of sp³-hybridized carbons (Fsp3) is 0.429. The van der Waals surface area contributed by atoms with Crippen LogP contribution in [-0.4, -0.2) is 23.4 Å². The van der Waals surface area contributed by atoms with E-state index < -0.39 is 0 Å². The minimum Gasteiger partial charge on any atom is -0.508 e. The summed E-state index contributed by atoms with van der Waals surface area (Å²) in [7, 11) is 1.59. The van der Waals surface area contributed by atoms with Crippen LogP contribution in [0.4, 0.5) is 0 Å². The van der Waals surface area contributed by atoms with E-state index in [1.54, 1.807) is 31.4 Å². The topological polar surface area (TPSA) is 47.9 Å². The summed E-state index contributed by atoms with van der Waals surface area (Å²) < 4.78 is 16.3. The third kappa shape index (κ3) is 9.50. The highest BCUT2D eigenvalue weighted by atomic mass is 16.5. The van der Waals surface area contributed by atoms with E-state index in [0.717, 1.165) is 17.2 Å². The Hall–Kier alpha value is -2.36. The van der Waals surface area contributed by atoms with Gasteiger partial charge in [0, 0.05) is 0 Å². The molecule has 0 saturated heterocycles. The molecule has 0 bridgehead atoms. The molecule has 0 fully saturated rings. The molecule has 0 heterocycles. The largest absolute Gasteiger partial charge is 0.508 e. The summed E-state index contributed by atoms with van der Waals surface area (Å²) in [4.78, 5) is 0. The molecule has 4 nitrogen and oxygen atoms in total. The number of methoxy groups -OCH3 is 1. The van der Waals surface area contributed by atoms with Gasteiger partial charge in [0.2, 0.25) is 0 Å². The van der Waals surface area contributed by atoms with Crippen molar-refractivity contribution in [1.82, 2.24) is 0 Å². The normalized spacial score (nSPS) is 11.2. The molecule has 4 heteroatoms. The summed E-state index contributed by atoms with van der Waals surface area (Å²) in [6, 6.07) is 14.3. The highest BCUT2D eigenvalue weighted by Gasteiger charge is 2.13. The summed E-state index contributed by atoms with van der Waals surface area (Å²) in [5.41, 5.74) is -0.321. The van der Waals surface area contributed by atoms with E-state index in [4.69, 9.17) is 19.3 Å². The molecule has 1 N–H and O–H groups in total. The quantitative estimate of drug-likeness (QED) is 0.803. The fourth-order valence-electron chi connectivity index (χ4n) is 1.87. The van der Waals surface area contributed by atoms with Gasteiger partial charge in [-0.05, 0) is 90.1 Å². The Morgan fingerprint density at radius 1 is 0.600 bits per heavy atom. The smallest absolute Gasteiger partial charge is 0.120 e. The zero-order valence-corrected chi connectivity index (χ0v) is 16.3. The summed E-state index contributed by atoms with van der Waals surface area (Å²) >= 11 is 0. The predicted molar refractivity (Wildman–Crippen MR) is 102 cm³/mol. The van der Waals surface area contributed by atoms with Crippen LogP contribution in [0, 0.1) is 0 Å². The van der Waals surface area contributed by atoms with Gasteiger partial charge in [0.1, 0.15) is 34.2 Å². The van der Waals surface area contributed by atoms with E-state index in [-0.39, 0.29) is 17.0 Å². The molecular weight excluding hydrogens is 316 g/mol. The van der Waals surface area contributed by atoms with E-state index in [1.807, 2.05) is 65.8 Å². The number of benzene rings is 2. The molecule has 0 amide bonds. The summed E-state index contributed by atoms with van der Waals surface area (Å²) in [6.07, 6.45) is 0. The minimum atomic E-state index is -0.160. The van der Waals surface area contributed by atoms with Gasteiger partial charge in [-0.15, -0.1) is 0 Å². The Morgan fingerprint density at radius 3 is 1.20 bits per heavy atom. The Bertz CT molecular complexity index is 582. The van der Waals surface area contributed by atoms with Crippen LogP contribution >= 0.6 is 0 Å². The number of phenols is 1. The van der Waals surface area contributed by atoms with Gasteiger partial charge >= 0.3 is 0 Å². The van der Waals surface area contributed by atoms with Gasteiger partial charge < -0.3 is 19.3 Å². The van der Waals surface area contributed by atoms with Gasteiger partial charge in [0.05, 0.1) is 7.11 Å². The van der Waals surface area contributed by atoms with Crippen molar-refractivity contribution in [3.63, 3.8) is 0 Å². The zero-order chi connectivity index (χ0) is 19.1. The first-order valence-corrected chi connectivity index (χ1v) is 8.30. The lowest BCUT2D eigenvalue weighted by Gasteiger charge is -2.23. The maximum Gasteiger partial charge on any atom is 0.120 e. The van der Waals surface area contributed by atoms with Crippen LogP contribution in [0.1, 0.15) is 41.5 Å². The molecule has 0 atom stereocenters. The van der Waals surface area contributed by atoms with Gasteiger partial charge in [0.25, 0.3) is 0 Å². The molecule has 0 spiro atoms. The Balaban J connectivity index is 0.000000293. The number of ether oxygens (including phenoxy) is 3. The molecule has 2 aromatic rings. The molecule has 0 saturated carbocycles. The van der Waals surface area contributed by atoms with E-state index >= 15 is 0 Å². The van der Waals surface area contributed by atoms with Crippen LogP contribution in [0.25, 0.3) is 0 Å². The molecule has 0 unspecified atom stereocenters. The highest BCUT2D eigenvalue weighted by Crippen LogP contribution is 2.24. The maximum absolute atomic E-state index is 8.80. The third-order valence-corrected chi connectivity index (χ3v) is 2.74. The van der Waals surface area contributed by atoms with Crippen molar-refractivity contribution in [2.75, 3.05) is 7.11 Å². The lowest BCUT2D eigenvalue weighted by atomic mass is 10.2. The number of phenolic OH excluding ortho intramolecular Hbond substituents is 1. The van der Waals surface area contributed by atoms with Crippen molar-refractivity contribution in [1.29, 1.82) is 0 Å². The average molecular weight is 346 g/mol. The predicted octanol–water partition coefficient (Wildman–Crippen LogP) is 5.44. The number of rotatable bonds is 3. The molecule has 25 heavy (non-hydrogen) atoms. The average Bonchev–Trinajstić information content (AvgIpc) is 2.48. The number of aromatic hydroxyl groups is 1. The summed E-state index contributed by atoms with van der Waals surface area (Å²) in [6.45, 7) is 12.2. The zero-order valence-electron chi connectivity index (χ0n) is 16.3. The van der Waals surface area contributed by atoms with Crippen molar-refractivity contribution in [2.24, 2.45) is 0 Å². The van der Waals surface area contributed by atoms with E-state index in [9.17, 15) is 0 Å². The van der Waals surface area contributed by atoms with Gasteiger partial charge in [-0.25, -0.2) is 0 Å². The molecular formula is C21H30O4. The molecule has 0 aliphatic rings. The Morgan fingerprint density at radius 2 is 0.920 bits per heavy atom. The molecule has 138 valence electrons. The minimum absolute atomic E-state index is 0.160. The third-order valence-electron chi connectivity index (χ3n) is 2.74. The second-order valence-electron chi connectivity index (χ2n) is 7.60. The van der Waals surface area contributed by atoms with Gasteiger partial charge in [-0.1, -0.05) is 0 Å². The van der Waals surface area contributed by atoms with Gasteiger partial charge in [-0.2, -0.15) is 0 Å². The summed E-state index contributed by atoms with van der Waals surface area (Å²) in [5.74, 6) is 2.76. The molecule has 2 aromatic carbocycles. The second kappa shape index (κ2) is 8.65. The molecule has 0 aliphatic heterocycles. The lowest BCUT2D eigenvalue weighted by molar-refractivity contribution is 0.125. The molecule has 2 rings (SSSR count). The first-order chi connectivity index (χ1) is 11.5. The second-order valence-corrected chi connectivity index (χ2v) is 7.60. The molecule has 0 aliphatic carbocycles. The van der Waals surface area contributed by atoms with Gasteiger partial charge in [0.15, 0.2) is 0 Å². The van der Waals surface area contributed by atoms with Crippen LogP contribution in [-0.2, 0) is 0 Å². The first-order valence-electron chi connectivity index (χ1n) is 8.30. The first kappa shape index (κ1) is 20.7. The molecule has 0 radical (unpaired) electrons. The number of hydrogen-bond donors (Lipinski definition) is 1. The van der Waals surface area contributed by atoms with E-state index in [1.165, 1.54) is 0 Å². The van der Waals surface area contributed by atoms with Crippen molar-refractivity contribution in [3.8, 4) is 23.0 Å². The van der Waals surface area contributed by atoms with Crippen molar-refractivity contribution >= 4 is 0 Å². The number of hydrogen-bond acceptors (Lipinski definition) is 4. The van der Waals surface area contributed by atoms with Crippen molar-refractivity contribution in [2.45, 2.75) is 52.7 Å². The lowest BCUT2D eigenvalue weighted by Crippen LogP contribution is -2.23. The standard InChI is InChI=1S/C14H22O2.C7H8O2/c1-13(2,3)15-11-7-9-12(10-8-11)16-14(4,5)6;1-9-7-4-2-6(8)3-5-7/h7-10H,1-6H3;2-5,8H,1H3. The van der Waals surface area contributed by atoms with Crippen LogP contribution in [0.15, 0.2) is 48.5 Å². The summed E-state index contributed by atoms with van der Waals surface area (Å²) in [5, 5.41) is 8.80. The van der Waals surface area contributed by atoms with Gasteiger partial charge in [-0.3, -0.25) is 0 Å². The van der Waals surface area contributed by atoms with Crippen LogP contribution < -0.4 is 14.2 Å². The van der Waals surface area contributed by atoms with Crippen molar-refractivity contribution in [3.05, 3.63) is 48.5 Å². The van der Waals surface area contributed by atoms with Crippen molar-refractivity contribution < 1.29 is 19.3 Å². The highest BCUT2D eigenvalue weighted by molar-refractivity contribution is 5.32. The molecule has 0 aromatic heterocycles. The van der Waals surface area contributed by atoms with E-state index in [0.29, 0.717) is 0 Å². The monoisotopic (exact) mass is 346 g/mol. The Labute approximate surface area is 151 Å². The SMILES string of the molecule is CC(C)(C)Oc1ccc(OC(C)(C)C)cc1.COc1ccc(O)cc1.